The second-order valence-corrected chi connectivity index (χ2v) is 9.03. The number of fused-ring (bicyclic) bond motifs is 1. The molecule has 0 radical (unpaired) electrons. The second kappa shape index (κ2) is 7.70. The number of hydrogen-bond donors (Lipinski definition) is 1. The lowest BCUT2D eigenvalue weighted by atomic mass is 9.96. The van der Waals surface area contributed by atoms with E-state index >= 15 is 0 Å². The van der Waals surface area contributed by atoms with Gasteiger partial charge in [-0.3, -0.25) is 9.78 Å². The van der Waals surface area contributed by atoms with Crippen molar-refractivity contribution in [3.8, 4) is 11.3 Å². The van der Waals surface area contributed by atoms with Crippen LogP contribution in [0.15, 0.2) is 47.2 Å². The van der Waals surface area contributed by atoms with Crippen molar-refractivity contribution in [3.63, 3.8) is 0 Å². The van der Waals surface area contributed by atoms with Gasteiger partial charge in [0.25, 0.3) is 5.91 Å². The number of nitrogens with zero attached hydrogens (tertiary/aromatic N) is 7. The van der Waals surface area contributed by atoms with Gasteiger partial charge >= 0.3 is 0 Å². The Kier molecular flexibility index (Phi) is 4.84. The zero-order valence-electron chi connectivity index (χ0n) is 18.2. The van der Waals surface area contributed by atoms with Crippen molar-refractivity contribution in [3.05, 3.63) is 54.2 Å². The predicted molar refractivity (Wildman–Crippen MR) is 117 cm³/mol. The van der Waals surface area contributed by atoms with Crippen LogP contribution in [0.25, 0.3) is 17.0 Å². The standard InChI is InChI=1S/C22H24N8O2/c1-22(2,3)21-26-25-18-6-7-19(27-30(18)21)29-12-14(13-29)10-24-20(31)16-9-17(32-28-16)15-5-4-8-23-11-15/h4-9,11,14H,10,12-13H2,1-3H3,(H,24,31). The first-order valence-corrected chi connectivity index (χ1v) is 10.5. The molecule has 4 aromatic heterocycles. The molecular formula is C22H24N8O2. The first-order valence-electron chi connectivity index (χ1n) is 10.5. The Balaban J connectivity index is 1.17. The van der Waals surface area contributed by atoms with Crippen LogP contribution in [-0.4, -0.2) is 55.5 Å². The third-order valence-corrected chi connectivity index (χ3v) is 5.44. The lowest BCUT2D eigenvalue weighted by Gasteiger charge is -2.40. The maximum atomic E-state index is 12.4. The summed E-state index contributed by atoms with van der Waals surface area (Å²) in [4.78, 5) is 18.7. The average molecular weight is 432 g/mol. The second-order valence-electron chi connectivity index (χ2n) is 9.03. The zero-order chi connectivity index (χ0) is 22.3. The minimum atomic E-state index is -0.249. The minimum Gasteiger partial charge on any atom is -0.355 e. The Labute approximate surface area is 184 Å². The van der Waals surface area contributed by atoms with E-state index in [9.17, 15) is 4.79 Å². The molecular weight excluding hydrogens is 408 g/mol. The number of carbonyl (C=O) groups is 1. The van der Waals surface area contributed by atoms with E-state index in [0.717, 1.165) is 35.9 Å². The van der Waals surface area contributed by atoms with Gasteiger partial charge in [-0.05, 0) is 24.3 Å². The number of rotatable bonds is 5. The highest BCUT2D eigenvalue weighted by Gasteiger charge is 2.30. The third kappa shape index (κ3) is 3.79. The molecule has 0 aromatic carbocycles. The molecule has 10 heteroatoms. The molecule has 4 aromatic rings. The van der Waals surface area contributed by atoms with Crippen LogP contribution in [-0.2, 0) is 5.41 Å². The molecule has 0 bridgehead atoms. The van der Waals surface area contributed by atoms with Gasteiger partial charge in [0, 0.05) is 55.0 Å². The highest BCUT2D eigenvalue weighted by atomic mass is 16.5. The van der Waals surface area contributed by atoms with Crippen molar-refractivity contribution >= 4 is 17.4 Å². The molecule has 1 aliphatic heterocycles. The van der Waals surface area contributed by atoms with Crippen molar-refractivity contribution in [2.45, 2.75) is 26.2 Å². The summed E-state index contributed by atoms with van der Waals surface area (Å²) < 4.78 is 7.09. The fraction of sp³-hybridized carbons (Fsp3) is 0.364. The summed E-state index contributed by atoms with van der Waals surface area (Å²) in [6.45, 7) is 8.46. The Morgan fingerprint density at radius 2 is 2.06 bits per heavy atom. The fourth-order valence-corrected chi connectivity index (χ4v) is 3.66. The molecule has 0 atom stereocenters. The van der Waals surface area contributed by atoms with Gasteiger partial charge < -0.3 is 14.7 Å². The van der Waals surface area contributed by atoms with Crippen molar-refractivity contribution in [2.75, 3.05) is 24.5 Å². The number of carbonyl (C=O) groups excluding carboxylic acids is 1. The summed E-state index contributed by atoms with van der Waals surface area (Å²) in [7, 11) is 0. The van der Waals surface area contributed by atoms with Crippen LogP contribution >= 0.6 is 0 Å². The SMILES string of the molecule is CC(C)(C)c1nnc2ccc(N3CC(CNC(=O)c4cc(-c5cccnc5)on4)C3)nn12. The minimum absolute atomic E-state index is 0.148. The van der Waals surface area contributed by atoms with Gasteiger partial charge in [0.05, 0.1) is 0 Å². The van der Waals surface area contributed by atoms with E-state index in [0.29, 0.717) is 18.2 Å². The van der Waals surface area contributed by atoms with Crippen LogP contribution in [0.2, 0.25) is 0 Å². The Bertz CT molecular complexity index is 1250. The van der Waals surface area contributed by atoms with Gasteiger partial charge in [0.1, 0.15) is 5.82 Å². The van der Waals surface area contributed by atoms with Crippen molar-refractivity contribution in [2.24, 2.45) is 5.92 Å². The zero-order valence-corrected chi connectivity index (χ0v) is 18.2. The van der Waals surface area contributed by atoms with E-state index in [1.54, 1.807) is 24.5 Å². The fourth-order valence-electron chi connectivity index (χ4n) is 3.66. The molecule has 5 heterocycles. The summed E-state index contributed by atoms with van der Waals surface area (Å²) in [5.41, 5.74) is 1.63. The Morgan fingerprint density at radius 3 is 2.81 bits per heavy atom. The molecule has 0 spiro atoms. The van der Waals surface area contributed by atoms with Gasteiger partial charge in [-0.25, -0.2) is 0 Å². The van der Waals surface area contributed by atoms with Crippen molar-refractivity contribution in [1.82, 2.24) is 35.3 Å². The van der Waals surface area contributed by atoms with Crippen LogP contribution in [0.4, 0.5) is 5.82 Å². The number of nitrogens with one attached hydrogen (secondary N) is 1. The molecule has 32 heavy (non-hydrogen) atoms. The number of aromatic nitrogens is 6. The summed E-state index contributed by atoms with van der Waals surface area (Å²) in [5, 5.41) is 20.1. The van der Waals surface area contributed by atoms with E-state index < -0.39 is 0 Å². The first-order chi connectivity index (χ1) is 15.4. The van der Waals surface area contributed by atoms with Gasteiger partial charge in [0.2, 0.25) is 0 Å². The van der Waals surface area contributed by atoms with Crippen LogP contribution in [0.3, 0.4) is 0 Å². The van der Waals surface area contributed by atoms with Crippen LogP contribution < -0.4 is 10.2 Å². The van der Waals surface area contributed by atoms with Crippen LogP contribution in [0.1, 0.15) is 37.1 Å². The molecule has 0 aliphatic carbocycles. The predicted octanol–water partition coefficient (Wildman–Crippen LogP) is 2.34. The summed E-state index contributed by atoms with van der Waals surface area (Å²) in [5.74, 6) is 2.31. The summed E-state index contributed by atoms with van der Waals surface area (Å²) in [6.07, 6.45) is 3.35. The van der Waals surface area contributed by atoms with E-state index in [2.05, 4.69) is 51.3 Å². The topological polar surface area (TPSA) is 114 Å². The molecule has 1 N–H and O–H groups in total. The van der Waals surface area contributed by atoms with Crippen LogP contribution in [0.5, 0.6) is 0 Å². The Hall–Kier alpha value is -3.82. The highest BCUT2D eigenvalue weighted by Crippen LogP contribution is 2.25. The van der Waals surface area contributed by atoms with E-state index in [-0.39, 0.29) is 17.0 Å². The molecule has 164 valence electrons. The monoisotopic (exact) mass is 432 g/mol. The van der Waals surface area contributed by atoms with Gasteiger partial charge in [0.15, 0.2) is 22.9 Å². The van der Waals surface area contributed by atoms with E-state index in [1.807, 2.05) is 22.7 Å². The van der Waals surface area contributed by atoms with Gasteiger partial charge in [-0.2, -0.15) is 4.52 Å². The lowest BCUT2D eigenvalue weighted by Crippen LogP contribution is -2.52. The van der Waals surface area contributed by atoms with Crippen molar-refractivity contribution < 1.29 is 9.32 Å². The number of amides is 1. The number of pyridine rings is 1. The third-order valence-electron chi connectivity index (χ3n) is 5.44. The molecule has 1 aliphatic rings. The molecule has 5 rings (SSSR count). The summed E-state index contributed by atoms with van der Waals surface area (Å²) in [6, 6.07) is 9.18. The largest absolute Gasteiger partial charge is 0.355 e. The molecule has 0 saturated carbocycles. The summed E-state index contributed by atoms with van der Waals surface area (Å²) >= 11 is 0. The lowest BCUT2D eigenvalue weighted by molar-refractivity contribution is 0.0935. The number of anilines is 1. The molecule has 1 saturated heterocycles. The maximum Gasteiger partial charge on any atom is 0.273 e. The van der Waals surface area contributed by atoms with E-state index in [1.165, 1.54) is 0 Å². The number of hydrogen-bond acceptors (Lipinski definition) is 8. The molecule has 0 unspecified atom stereocenters. The molecule has 1 fully saturated rings. The quantitative estimate of drug-likeness (QED) is 0.511. The van der Waals surface area contributed by atoms with E-state index in [4.69, 9.17) is 9.62 Å². The maximum absolute atomic E-state index is 12.4. The highest BCUT2D eigenvalue weighted by molar-refractivity contribution is 5.93. The Morgan fingerprint density at radius 1 is 1.22 bits per heavy atom. The molecule has 1 amide bonds. The first kappa shape index (κ1) is 20.1. The molecule has 10 nitrogen and oxygen atoms in total. The van der Waals surface area contributed by atoms with Gasteiger partial charge in [-0.1, -0.05) is 25.9 Å². The normalized spacial score (nSPS) is 14.5. The van der Waals surface area contributed by atoms with Crippen LogP contribution in [0, 0.1) is 5.92 Å². The van der Waals surface area contributed by atoms with Gasteiger partial charge in [-0.15, -0.1) is 15.3 Å². The smallest absolute Gasteiger partial charge is 0.273 e. The average Bonchev–Trinajstić information content (AvgIpc) is 3.40. The van der Waals surface area contributed by atoms with Crippen molar-refractivity contribution in [1.29, 1.82) is 0 Å².